The largest absolute Gasteiger partial charge is 0.456 e. The molecule has 0 saturated carbocycles. The molecule has 1 aromatic heterocycles. The Morgan fingerprint density at radius 2 is 1.16 bits per heavy atom. The lowest BCUT2D eigenvalue weighted by Gasteiger charge is -2.45. The number of rotatable bonds is 3. The maximum atomic E-state index is 6.56. The Hall–Kier alpha value is -6.46. The van der Waals surface area contributed by atoms with Gasteiger partial charge in [-0.05, 0) is 100 Å². The highest BCUT2D eigenvalue weighted by Gasteiger charge is 2.45. The van der Waals surface area contributed by atoms with Crippen LogP contribution in [0.25, 0.3) is 33.4 Å². The molecule has 0 radical (unpaired) electrons. The van der Waals surface area contributed by atoms with Gasteiger partial charge in [0.2, 0.25) is 0 Å². The molecule has 3 aliphatic heterocycles. The van der Waals surface area contributed by atoms with Crippen LogP contribution >= 0.6 is 0 Å². The Kier molecular flexibility index (Phi) is 5.44. The molecule has 11 rings (SSSR count). The Morgan fingerprint density at radius 1 is 0.449 bits per heavy atom. The van der Waals surface area contributed by atoms with E-state index in [0.717, 1.165) is 50.9 Å². The van der Waals surface area contributed by atoms with Crippen molar-refractivity contribution in [2.45, 2.75) is 0 Å². The van der Waals surface area contributed by atoms with Gasteiger partial charge in [0.15, 0.2) is 11.5 Å². The van der Waals surface area contributed by atoms with Crippen LogP contribution in [0.4, 0.5) is 34.1 Å². The number of furan rings is 1. The first-order valence-corrected chi connectivity index (χ1v) is 16.7. The molecule has 3 aliphatic rings. The van der Waals surface area contributed by atoms with Gasteiger partial charge in [0.1, 0.15) is 11.3 Å². The predicted octanol–water partition coefficient (Wildman–Crippen LogP) is 9.96. The monoisotopic (exact) mass is 626 g/mol. The first-order valence-electron chi connectivity index (χ1n) is 16.7. The Balaban J connectivity index is 1.15. The van der Waals surface area contributed by atoms with Crippen molar-refractivity contribution in [1.82, 2.24) is 0 Å². The molecular weight excluding hydrogens is 599 g/mol. The number of hydrogen-bond donors (Lipinski definition) is 0. The van der Waals surface area contributed by atoms with Crippen molar-refractivity contribution >= 4 is 68.2 Å². The Bertz CT molecular complexity index is 2580. The van der Waals surface area contributed by atoms with Crippen LogP contribution in [0.5, 0.6) is 11.5 Å². The lowest BCUT2D eigenvalue weighted by Crippen LogP contribution is -2.61. The average Bonchev–Trinajstić information content (AvgIpc) is 3.61. The van der Waals surface area contributed by atoms with Crippen molar-refractivity contribution in [3.05, 3.63) is 164 Å². The van der Waals surface area contributed by atoms with Crippen molar-refractivity contribution < 1.29 is 9.15 Å². The van der Waals surface area contributed by atoms with Gasteiger partial charge in [0.25, 0.3) is 6.71 Å². The molecule has 0 N–H and O–H groups in total. The number of anilines is 6. The molecule has 8 aromatic rings. The molecule has 4 nitrogen and oxygen atoms in total. The third kappa shape index (κ3) is 3.81. The summed E-state index contributed by atoms with van der Waals surface area (Å²) in [5.74, 6) is 2.62. The van der Waals surface area contributed by atoms with E-state index >= 15 is 0 Å². The topological polar surface area (TPSA) is 28.9 Å². The van der Waals surface area contributed by atoms with Gasteiger partial charge in [0, 0.05) is 33.7 Å². The molecule has 0 aliphatic carbocycles. The van der Waals surface area contributed by atoms with Crippen LogP contribution in [-0.2, 0) is 0 Å². The van der Waals surface area contributed by atoms with E-state index in [0.29, 0.717) is 0 Å². The molecule has 0 unspecified atom stereocenters. The summed E-state index contributed by atoms with van der Waals surface area (Å²) in [6.45, 7) is 0.0241. The molecule has 7 aromatic carbocycles. The SMILES string of the molecule is c1ccc(-c2ccc3c(c2)B2c4cccc5c4N(c4ccccc4O5)c4cccc(c42)N3c2ccc(-c3cc4ccccc4o3)cc2)cc1. The van der Waals surface area contributed by atoms with Gasteiger partial charge in [-0.25, -0.2) is 0 Å². The molecule has 0 atom stereocenters. The van der Waals surface area contributed by atoms with Crippen LogP contribution in [0.3, 0.4) is 0 Å². The summed E-state index contributed by atoms with van der Waals surface area (Å²) < 4.78 is 12.8. The Morgan fingerprint density at radius 3 is 2.04 bits per heavy atom. The fraction of sp³-hybridized carbons (Fsp3) is 0. The van der Waals surface area contributed by atoms with E-state index in [1.807, 2.05) is 24.3 Å². The van der Waals surface area contributed by atoms with Gasteiger partial charge in [-0.15, -0.1) is 0 Å². The molecule has 228 valence electrons. The summed E-state index contributed by atoms with van der Waals surface area (Å²) in [6, 6.07) is 58.3. The van der Waals surface area contributed by atoms with Gasteiger partial charge in [-0.1, -0.05) is 91.0 Å². The number of ether oxygens (including phenoxy) is 1. The minimum Gasteiger partial charge on any atom is -0.456 e. The van der Waals surface area contributed by atoms with Crippen molar-refractivity contribution in [2.75, 3.05) is 9.80 Å². The lowest BCUT2D eigenvalue weighted by molar-refractivity contribution is 0.477. The third-order valence-electron chi connectivity index (χ3n) is 10.2. The minimum absolute atomic E-state index is 0.0241. The van der Waals surface area contributed by atoms with Gasteiger partial charge in [0.05, 0.1) is 11.4 Å². The van der Waals surface area contributed by atoms with E-state index in [9.17, 15) is 0 Å². The predicted molar refractivity (Wildman–Crippen MR) is 201 cm³/mol. The third-order valence-corrected chi connectivity index (χ3v) is 10.2. The molecule has 5 heteroatoms. The molecule has 0 amide bonds. The Labute approximate surface area is 284 Å². The van der Waals surface area contributed by atoms with Crippen molar-refractivity contribution in [3.8, 4) is 33.9 Å². The number of hydrogen-bond acceptors (Lipinski definition) is 4. The van der Waals surface area contributed by atoms with Gasteiger partial charge in [-0.3, -0.25) is 0 Å². The molecule has 0 bridgehead atoms. The summed E-state index contributed by atoms with van der Waals surface area (Å²) >= 11 is 0. The van der Waals surface area contributed by atoms with Crippen LogP contribution in [0.2, 0.25) is 0 Å². The normalized spacial score (nSPS) is 13.3. The van der Waals surface area contributed by atoms with Gasteiger partial charge < -0.3 is 19.0 Å². The van der Waals surface area contributed by atoms with Crippen LogP contribution in [0.1, 0.15) is 0 Å². The maximum absolute atomic E-state index is 6.56. The first-order chi connectivity index (χ1) is 24.3. The summed E-state index contributed by atoms with van der Waals surface area (Å²) in [4.78, 5) is 4.84. The van der Waals surface area contributed by atoms with Crippen LogP contribution in [-0.4, -0.2) is 6.71 Å². The van der Waals surface area contributed by atoms with Gasteiger partial charge >= 0.3 is 0 Å². The fourth-order valence-corrected chi connectivity index (χ4v) is 8.12. The van der Waals surface area contributed by atoms with Crippen LogP contribution in [0, 0.1) is 0 Å². The van der Waals surface area contributed by atoms with Crippen molar-refractivity contribution in [1.29, 1.82) is 0 Å². The van der Waals surface area contributed by atoms with Crippen molar-refractivity contribution in [3.63, 3.8) is 0 Å². The molecule has 0 fully saturated rings. The highest BCUT2D eigenvalue weighted by molar-refractivity contribution is 7.00. The zero-order chi connectivity index (χ0) is 32.1. The average molecular weight is 627 g/mol. The number of nitrogens with zero attached hydrogens (tertiary/aromatic N) is 2. The standard InChI is InChI=1S/C44H27BN2O2/c1-2-10-28(11-3-1)30-22-25-35-34(26-30)45-33-13-8-19-41-44(33)47(36-14-5-7-18-40(36)49-41)38-16-9-15-37(43(38)45)46(35)32-23-20-29(21-24-32)42-27-31-12-4-6-17-39(31)48-42/h1-27H. The van der Waals surface area contributed by atoms with E-state index in [4.69, 9.17) is 9.15 Å². The summed E-state index contributed by atoms with van der Waals surface area (Å²) in [5.41, 5.74) is 15.0. The second-order valence-electron chi connectivity index (χ2n) is 12.9. The summed E-state index contributed by atoms with van der Waals surface area (Å²) in [6.07, 6.45) is 0. The number of para-hydroxylation sites is 4. The first kappa shape index (κ1) is 26.6. The highest BCUT2D eigenvalue weighted by atomic mass is 16.5. The van der Waals surface area contributed by atoms with Gasteiger partial charge in [-0.2, -0.15) is 0 Å². The molecule has 0 saturated heterocycles. The van der Waals surface area contributed by atoms with E-state index in [1.165, 1.54) is 44.6 Å². The zero-order valence-electron chi connectivity index (χ0n) is 26.4. The summed E-state index contributed by atoms with van der Waals surface area (Å²) in [5, 5.41) is 1.11. The maximum Gasteiger partial charge on any atom is 0.252 e. The smallest absolute Gasteiger partial charge is 0.252 e. The second-order valence-corrected chi connectivity index (χ2v) is 12.9. The highest BCUT2D eigenvalue weighted by Crippen LogP contribution is 2.52. The quantitative estimate of drug-likeness (QED) is 0.183. The van der Waals surface area contributed by atoms with Crippen molar-refractivity contribution in [2.24, 2.45) is 0 Å². The van der Waals surface area contributed by atoms with Crippen LogP contribution < -0.4 is 30.9 Å². The lowest BCUT2D eigenvalue weighted by atomic mass is 9.33. The number of benzene rings is 7. The number of fused-ring (bicyclic) bond motifs is 7. The molecular formula is C44H27BN2O2. The van der Waals surface area contributed by atoms with E-state index in [2.05, 4.69) is 149 Å². The minimum atomic E-state index is 0.0241. The molecule has 4 heterocycles. The molecule has 0 spiro atoms. The van der Waals surface area contributed by atoms with E-state index in [-0.39, 0.29) is 6.71 Å². The van der Waals surface area contributed by atoms with Crippen LogP contribution in [0.15, 0.2) is 168 Å². The zero-order valence-corrected chi connectivity index (χ0v) is 26.4. The summed E-state index contributed by atoms with van der Waals surface area (Å²) in [7, 11) is 0. The second kappa shape index (κ2) is 10.0. The fourth-order valence-electron chi connectivity index (χ4n) is 8.12. The van der Waals surface area contributed by atoms with E-state index in [1.54, 1.807) is 0 Å². The van der Waals surface area contributed by atoms with E-state index < -0.39 is 0 Å². The molecule has 49 heavy (non-hydrogen) atoms.